The van der Waals surface area contributed by atoms with E-state index in [1.807, 2.05) is 48.5 Å². The van der Waals surface area contributed by atoms with E-state index in [0.717, 1.165) is 35.7 Å². The number of aromatic nitrogens is 1. The van der Waals surface area contributed by atoms with Gasteiger partial charge >= 0.3 is 0 Å². The number of hydrogen-bond acceptors (Lipinski definition) is 4. The third kappa shape index (κ3) is 4.59. The highest BCUT2D eigenvalue weighted by molar-refractivity contribution is 5.79. The Labute approximate surface area is 183 Å². The fraction of sp³-hybridized carbons (Fsp3) is 0.320. The van der Waals surface area contributed by atoms with Crippen molar-refractivity contribution >= 4 is 5.91 Å². The van der Waals surface area contributed by atoms with Gasteiger partial charge in [-0.1, -0.05) is 24.3 Å². The maximum Gasteiger partial charge on any atom is 0.234 e. The lowest BCUT2D eigenvalue weighted by molar-refractivity contribution is -0.123. The van der Waals surface area contributed by atoms with Gasteiger partial charge < -0.3 is 19.4 Å². The molecule has 6 heteroatoms. The number of benzene rings is 2. The Morgan fingerprint density at radius 2 is 1.55 bits per heavy atom. The Hall–Kier alpha value is -3.25. The van der Waals surface area contributed by atoms with Crippen molar-refractivity contribution in [2.45, 2.75) is 25.6 Å². The number of fused-ring (bicyclic) bond motifs is 1. The lowest BCUT2D eigenvalue weighted by atomic mass is 9.98. The number of ether oxygens (including phenoxy) is 2. The summed E-state index contributed by atoms with van der Waals surface area (Å²) >= 11 is 0. The number of nitrogens with zero attached hydrogens (tertiary/aromatic N) is 2. The van der Waals surface area contributed by atoms with Crippen molar-refractivity contribution in [2.24, 2.45) is 0 Å². The normalized spacial score (nSPS) is 16.1. The molecule has 1 N–H and O–H groups in total. The van der Waals surface area contributed by atoms with Gasteiger partial charge in [0.15, 0.2) is 0 Å². The van der Waals surface area contributed by atoms with Gasteiger partial charge in [0.05, 0.1) is 26.8 Å². The summed E-state index contributed by atoms with van der Waals surface area (Å²) in [6.45, 7) is 4.27. The first kappa shape index (κ1) is 21.0. The third-order valence-electron chi connectivity index (χ3n) is 6.02. The molecule has 0 bridgehead atoms. The zero-order chi connectivity index (χ0) is 21.8. The quantitative estimate of drug-likeness (QED) is 0.633. The number of amides is 1. The van der Waals surface area contributed by atoms with E-state index in [9.17, 15) is 4.79 Å². The number of carbonyl (C=O) groups is 1. The molecule has 0 fully saturated rings. The van der Waals surface area contributed by atoms with Gasteiger partial charge in [0.1, 0.15) is 11.5 Å². The average Bonchev–Trinajstić information content (AvgIpc) is 3.29. The van der Waals surface area contributed by atoms with E-state index in [0.29, 0.717) is 6.54 Å². The molecule has 0 saturated heterocycles. The van der Waals surface area contributed by atoms with Crippen LogP contribution in [0.1, 0.15) is 35.8 Å². The SMILES string of the molecule is COc1ccc(C(NC(=O)CN2CCn3cccc3[C@H]2C)c2ccc(OC)cc2)cc1. The Kier molecular flexibility index (Phi) is 6.28. The second-order valence-corrected chi connectivity index (χ2v) is 7.82. The third-order valence-corrected chi connectivity index (χ3v) is 6.02. The molecule has 1 atom stereocenters. The highest BCUT2D eigenvalue weighted by atomic mass is 16.5. The lowest BCUT2D eigenvalue weighted by Gasteiger charge is -2.34. The van der Waals surface area contributed by atoms with Crippen LogP contribution in [0.25, 0.3) is 0 Å². The molecular formula is C25H29N3O3. The van der Waals surface area contributed by atoms with Crippen molar-refractivity contribution in [2.75, 3.05) is 27.3 Å². The van der Waals surface area contributed by atoms with Gasteiger partial charge in [-0.25, -0.2) is 0 Å². The Balaban J connectivity index is 1.52. The second kappa shape index (κ2) is 9.27. The smallest absolute Gasteiger partial charge is 0.234 e. The molecule has 2 heterocycles. The number of carbonyl (C=O) groups excluding carboxylic acids is 1. The average molecular weight is 420 g/mol. The predicted molar refractivity (Wildman–Crippen MR) is 120 cm³/mol. The molecule has 162 valence electrons. The van der Waals surface area contributed by atoms with Gasteiger partial charge in [-0.05, 0) is 54.4 Å². The van der Waals surface area contributed by atoms with Gasteiger partial charge in [-0.3, -0.25) is 9.69 Å². The molecule has 1 aliphatic rings. The van der Waals surface area contributed by atoms with Gasteiger partial charge in [0.2, 0.25) is 5.91 Å². The number of nitrogens with one attached hydrogen (secondary N) is 1. The van der Waals surface area contributed by atoms with Crippen molar-refractivity contribution in [3.05, 3.63) is 83.7 Å². The molecule has 0 spiro atoms. The highest BCUT2D eigenvalue weighted by Gasteiger charge is 2.26. The molecule has 0 unspecified atom stereocenters. The fourth-order valence-electron chi connectivity index (χ4n) is 4.19. The van der Waals surface area contributed by atoms with Crippen LogP contribution >= 0.6 is 0 Å². The molecular weight excluding hydrogens is 390 g/mol. The number of methoxy groups -OCH3 is 2. The van der Waals surface area contributed by atoms with E-state index in [-0.39, 0.29) is 18.0 Å². The molecule has 1 aromatic heterocycles. The molecule has 6 nitrogen and oxygen atoms in total. The maximum atomic E-state index is 13.1. The standard InChI is InChI=1S/C25H29N3O3/c1-18-23-5-4-14-27(23)15-16-28(18)17-24(29)26-25(19-6-10-21(30-2)11-7-19)20-8-12-22(31-3)13-9-20/h4-14,18,25H,15-17H2,1-3H3,(H,26,29)/t18-/m1/s1. The maximum absolute atomic E-state index is 13.1. The summed E-state index contributed by atoms with van der Waals surface area (Å²) in [7, 11) is 3.29. The first-order valence-electron chi connectivity index (χ1n) is 10.6. The van der Waals surface area contributed by atoms with Crippen LogP contribution in [-0.2, 0) is 11.3 Å². The van der Waals surface area contributed by atoms with Gasteiger partial charge in [0.25, 0.3) is 0 Å². The summed E-state index contributed by atoms with van der Waals surface area (Å²) in [5, 5.41) is 3.24. The second-order valence-electron chi connectivity index (χ2n) is 7.82. The lowest BCUT2D eigenvalue weighted by Crippen LogP contribution is -2.44. The summed E-state index contributed by atoms with van der Waals surface area (Å²) in [6.07, 6.45) is 2.10. The Bertz CT molecular complexity index is 964. The molecule has 1 amide bonds. The Morgan fingerprint density at radius 3 is 2.10 bits per heavy atom. The molecule has 1 aliphatic heterocycles. The topological polar surface area (TPSA) is 55.7 Å². The summed E-state index contributed by atoms with van der Waals surface area (Å²) < 4.78 is 12.8. The molecule has 2 aromatic carbocycles. The van der Waals surface area contributed by atoms with E-state index in [4.69, 9.17) is 9.47 Å². The largest absolute Gasteiger partial charge is 0.497 e. The zero-order valence-corrected chi connectivity index (χ0v) is 18.2. The van der Waals surface area contributed by atoms with Crippen molar-refractivity contribution in [1.29, 1.82) is 0 Å². The molecule has 31 heavy (non-hydrogen) atoms. The van der Waals surface area contributed by atoms with Crippen LogP contribution in [0.5, 0.6) is 11.5 Å². The molecule has 0 saturated carbocycles. The van der Waals surface area contributed by atoms with Crippen molar-refractivity contribution in [1.82, 2.24) is 14.8 Å². The number of rotatable bonds is 7. The first-order valence-corrected chi connectivity index (χ1v) is 10.6. The van der Waals surface area contributed by atoms with Crippen LogP contribution in [0.2, 0.25) is 0 Å². The van der Waals surface area contributed by atoms with Crippen LogP contribution in [0.4, 0.5) is 0 Å². The summed E-state index contributed by atoms with van der Waals surface area (Å²) in [6, 6.07) is 19.8. The van der Waals surface area contributed by atoms with Crippen LogP contribution in [-0.4, -0.2) is 42.7 Å². The van der Waals surface area contributed by atoms with Crippen LogP contribution in [0.15, 0.2) is 66.9 Å². The highest BCUT2D eigenvalue weighted by Crippen LogP contribution is 2.27. The first-order chi connectivity index (χ1) is 15.1. The minimum atomic E-state index is -0.256. The minimum Gasteiger partial charge on any atom is -0.497 e. The monoisotopic (exact) mass is 419 g/mol. The summed E-state index contributed by atoms with van der Waals surface area (Å²) in [5.41, 5.74) is 3.25. The molecule has 3 aromatic rings. The van der Waals surface area contributed by atoms with E-state index < -0.39 is 0 Å². The van der Waals surface area contributed by atoms with Crippen molar-refractivity contribution in [3.63, 3.8) is 0 Å². The minimum absolute atomic E-state index is 0.00323. The van der Waals surface area contributed by atoms with Crippen LogP contribution < -0.4 is 14.8 Å². The van der Waals surface area contributed by atoms with Crippen molar-refractivity contribution in [3.8, 4) is 11.5 Å². The number of hydrogen-bond donors (Lipinski definition) is 1. The molecule has 4 rings (SSSR count). The molecule has 0 radical (unpaired) electrons. The van der Waals surface area contributed by atoms with E-state index >= 15 is 0 Å². The van der Waals surface area contributed by atoms with E-state index in [1.165, 1.54) is 5.69 Å². The summed E-state index contributed by atoms with van der Waals surface area (Å²) in [4.78, 5) is 15.3. The van der Waals surface area contributed by atoms with Gasteiger partial charge in [-0.2, -0.15) is 0 Å². The van der Waals surface area contributed by atoms with Crippen LogP contribution in [0.3, 0.4) is 0 Å². The molecule has 0 aliphatic carbocycles. The fourth-order valence-corrected chi connectivity index (χ4v) is 4.19. The zero-order valence-electron chi connectivity index (χ0n) is 18.2. The van der Waals surface area contributed by atoms with Gasteiger partial charge in [-0.15, -0.1) is 0 Å². The predicted octanol–water partition coefficient (Wildman–Crippen LogP) is 3.79. The summed E-state index contributed by atoms with van der Waals surface area (Å²) in [5.74, 6) is 1.57. The Morgan fingerprint density at radius 1 is 0.968 bits per heavy atom. The van der Waals surface area contributed by atoms with E-state index in [2.05, 4.69) is 40.0 Å². The van der Waals surface area contributed by atoms with Gasteiger partial charge in [0, 0.05) is 31.0 Å². The van der Waals surface area contributed by atoms with Crippen LogP contribution in [0, 0.1) is 0 Å². The van der Waals surface area contributed by atoms with Crippen molar-refractivity contribution < 1.29 is 14.3 Å². The van der Waals surface area contributed by atoms with E-state index in [1.54, 1.807) is 14.2 Å².